The van der Waals surface area contributed by atoms with Crippen LogP contribution < -0.4 is 5.73 Å². The molecule has 0 saturated carbocycles. The van der Waals surface area contributed by atoms with E-state index >= 15 is 0 Å². The number of nitrogen functional groups attached to an aromatic ring is 1. The molecule has 0 aliphatic rings. The molecule has 0 aliphatic carbocycles. The lowest BCUT2D eigenvalue weighted by atomic mass is 10.1. The number of unbranched alkanes of at least 4 members (excludes halogenated alkanes) is 3. The van der Waals surface area contributed by atoms with Crippen LogP contribution in [0.15, 0.2) is 22.7 Å². The Balaban J connectivity index is 2.29. The fraction of sp³-hybridized carbons (Fsp3) is 0.600. The Kier molecular flexibility index (Phi) is 7.36. The summed E-state index contributed by atoms with van der Waals surface area (Å²) in [7, 11) is 0. The molecule has 1 aromatic carbocycles. The smallest absolute Gasteiger partial charge is 0.0732 e. The van der Waals surface area contributed by atoms with Crippen LogP contribution in [-0.2, 0) is 11.3 Å². The third-order valence-electron chi connectivity index (χ3n) is 3.10. The molecule has 0 aromatic heterocycles. The van der Waals surface area contributed by atoms with E-state index in [0.717, 1.165) is 22.1 Å². The Morgan fingerprint density at radius 3 is 2.78 bits per heavy atom. The minimum atomic E-state index is 0.315. The van der Waals surface area contributed by atoms with Crippen molar-refractivity contribution < 1.29 is 4.74 Å². The summed E-state index contributed by atoms with van der Waals surface area (Å²) in [6, 6.07) is 5.90. The summed E-state index contributed by atoms with van der Waals surface area (Å²) in [5.41, 5.74) is 7.73. The van der Waals surface area contributed by atoms with Crippen molar-refractivity contribution in [3.05, 3.63) is 28.2 Å². The summed E-state index contributed by atoms with van der Waals surface area (Å²) in [5.74, 6) is 0. The molecule has 1 atom stereocenters. The standard InChI is InChI=1S/C15H24BrNO/c1-3-4-5-6-8-12(2)18-11-13-9-7-10-14(17)15(13)16/h7,9-10,12H,3-6,8,11,17H2,1-2H3. The number of hydrogen-bond donors (Lipinski definition) is 1. The van der Waals surface area contributed by atoms with Gasteiger partial charge < -0.3 is 10.5 Å². The first-order chi connectivity index (χ1) is 8.65. The van der Waals surface area contributed by atoms with Crippen molar-refractivity contribution in [2.45, 2.75) is 58.7 Å². The van der Waals surface area contributed by atoms with E-state index in [1.54, 1.807) is 0 Å². The predicted molar refractivity (Wildman–Crippen MR) is 81.6 cm³/mol. The monoisotopic (exact) mass is 313 g/mol. The molecule has 1 unspecified atom stereocenters. The van der Waals surface area contributed by atoms with Crippen molar-refractivity contribution in [2.24, 2.45) is 0 Å². The topological polar surface area (TPSA) is 35.2 Å². The van der Waals surface area contributed by atoms with Crippen LogP contribution in [0.2, 0.25) is 0 Å². The van der Waals surface area contributed by atoms with E-state index in [-0.39, 0.29) is 0 Å². The maximum Gasteiger partial charge on any atom is 0.0732 e. The van der Waals surface area contributed by atoms with Gasteiger partial charge in [-0.2, -0.15) is 0 Å². The Labute approximate surface area is 119 Å². The van der Waals surface area contributed by atoms with Crippen LogP contribution in [0.4, 0.5) is 5.69 Å². The van der Waals surface area contributed by atoms with Gasteiger partial charge in [0.1, 0.15) is 0 Å². The van der Waals surface area contributed by atoms with Gasteiger partial charge in [-0.3, -0.25) is 0 Å². The zero-order valence-electron chi connectivity index (χ0n) is 11.4. The predicted octanol–water partition coefficient (Wildman–Crippen LogP) is 4.91. The summed E-state index contributed by atoms with van der Waals surface area (Å²) < 4.78 is 6.82. The fourth-order valence-electron chi connectivity index (χ4n) is 1.89. The number of nitrogens with two attached hydrogens (primary N) is 1. The Bertz CT molecular complexity index is 354. The molecular formula is C15H24BrNO. The molecule has 1 rings (SSSR count). The first kappa shape index (κ1) is 15.5. The molecule has 0 saturated heterocycles. The molecule has 102 valence electrons. The molecule has 2 N–H and O–H groups in total. The van der Waals surface area contributed by atoms with Gasteiger partial charge in [-0.15, -0.1) is 0 Å². The van der Waals surface area contributed by atoms with Gasteiger partial charge in [-0.05, 0) is 40.9 Å². The maximum absolute atomic E-state index is 5.86. The molecule has 0 radical (unpaired) electrons. The van der Waals surface area contributed by atoms with E-state index in [0.29, 0.717) is 12.7 Å². The van der Waals surface area contributed by atoms with E-state index in [1.165, 1.54) is 25.7 Å². The SMILES string of the molecule is CCCCCCC(C)OCc1cccc(N)c1Br. The molecule has 0 amide bonds. The second-order valence-corrected chi connectivity index (χ2v) is 5.58. The highest BCUT2D eigenvalue weighted by Gasteiger charge is 2.06. The quantitative estimate of drug-likeness (QED) is 0.547. The van der Waals surface area contributed by atoms with Crippen molar-refractivity contribution in [1.29, 1.82) is 0 Å². The highest BCUT2D eigenvalue weighted by atomic mass is 79.9. The number of hydrogen-bond acceptors (Lipinski definition) is 2. The van der Waals surface area contributed by atoms with E-state index in [2.05, 4.69) is 29.8 Å². The van der Waals surface area contributed by atoms with Crippen molar-refractivity contribution in [2.75, 3.05) is 5.73 Å². The summed E-state index contributed by atoms with van der Waals surface area (Å²) in [6.07, 6.45) is 6.63. The first-order valence-electron chi connectivity index (χ1n) is 6.79. The first-order valence-corrected chi connectivity index (χ1v) is 7.59. The average Bonchev–Trinajstić information content (AvgIpc) is 2.36. The van der Waals surface area contributed by atoms with E-state index in [9.17, 15) is 0 Å². The molecule has 0 fully saturated rings. The van der Waals surface area contributed by atoms with Gasteiger partial charge in [0.25, 0.3) is 0 Å². The van der Waals surface area contributed by atoms with E-state index in [1.807, 2.05) is 18.2 Å². The summed E-state index contributed by atoms with van der Waals surface area (Å²) in [5, 5.41) is 0. The van der Waals surface area contributed by atoms with Crippen LogP contribution in [0.25, 0.3) is 0 Å². The van der Waals surface area contributed by atoms with Crippen LogP contribution in [-0.4, -0.2) is 6.10 Å². The highest BCUT2D eigenvalue weighted by Crippen LogP contribution is 2.24. The minimum absolute atomic E-state index is 0.315. The molecule has 0 bridgehead atoms. The van der Waals surface area contributed by atoms with Crippen molar-refractivity contribution >= 4 is 21.6 Å². The third kappa shape index (κ3) is 5.40. The lowest BCUT2D eigenvalue weighted by molar-refractivity contribution is 0.0456. The van der Waals surface area contributed by atoms with Gasteiger partial charge >= 0.3 is 0 Å². The Morgan fingerprint density at radius 1 is 1.28 bits per heavy atom. The summed E-state index contributed by atoms with van der Waals surface area (Å²) in [4.78, 5) is 0. The maximum atomic E-state index is 5.86. The van der Waals surface area contributed by atoms with Crippen LogP contribution in [0.1, 0.15) is 51.5 Å². The van der Waals surface area contributed by atoms with Gasteiger partial charge in [-0.25, -0.2) is 0 Å². The highest BCUT2D eigenvalue weighted by molar-refractivity contribution is 9.10. The second-order valence-electron chi connectivity index (χ2n) is 4.79. The van der Waals surface area contributed by atoms with Gasteiger partial charge in [0.05, 0.1) is 12.7 Å². The molecular weight excluding hydrogens is 290 g/mol. The minimum Gasteiger partial charge on any atom is -0.398 e. The fourth-order valence-corrected chi connectivity index (χ4v) is 2.26. The number of benzene rings is 1. The summed E-state index contributed by atoms with van der Waals surface area (Å²) >= 11 is 3.50. The number of ether oxygens (including phenoxy) is 1. The average molecular weight is 314 g/mol. The number of rotatable bonds is 8. The zero-order valence-corrected chi connectivity index (χ0v) is 13.0. The van der Waals surface area contributed by atoms with Crippen LogP contribution in [0.5, 0.6) is 0 Å². The number of halogens is 1. The Hall–Kier alpha value is -0.540. The van der Waals surface area contributed by atoms with Gasteiger partial charge in [0.2, 0.25) is 0 Å². The number of anilines is 1. The lowest BCUT2D eigenvalue weighted by Gasteiger charge is -2.14. The van der Waals surface area contributed by atoms with Crippen LogP contribution in [0.3, 0.4) is 0 Å². The van der Waals surface area contributed by atoms with Gasteiger partial charge in [0, 0.05) is 10.2 Å². The Morgan fingerprint density at radius 2 is 2.06 bits per heavy atom. The molecule has 18 heavy (non-hydrogen) atoms. The van der Waals surface area contributed by atoms with Crippen LogP contribution >= 0.6 is 15.9 Å². The van der Waals surface area contributed by atoms with E-state index < -0.39 is 0 Å². The molecule has 3 heteroatoms. The van der Waals surface area contributed by atoms with Crippen LogP contribution in [0, 0.1) is 0 Å². The molecule has 0 spiro atoms. The lowest BCUT2D eigenvalue weighted by Crippen LogP contribution is -2.08. The van der Waals surface area contributed by atoms with Crippen molar-refractivity contribution in [3.8, 4) is 0 Å². The van der Waals surface area contributed by atoms with E-state index in [4.69, 9.17) is 10.5 Å². The third-order valence-corrected chi connectivity index (χ3v) is 4.06. The van der Waals surface area contributed by atoms with Crippen molar-refractivity contribution in [3.63, 3.8) is 0 Å². The second kappa shape index (κ2) is 8.54. The molecule has 1 aromatic rings. The molecule has 0 aliphatic heterocycles. The zero-order chi connectivity index (χ0) is 13.4. The largest absolute Gasteiger partial charge is 0.398 e. The van der Waals surface area contributed by atoms with Crippen molar-refractivity contribution in [1.82, 2.24) is 0 Å². The molecule has 2 nitrogen and oxygen atoms in total. The van der Waals surface area contributed by atoms with Gasteiger partial charge in [-0.1, -0.05) is 44.7 Å². The van der Waals surface area contributed by atoms with Gasteiger partial charge in [0.15, 0.2) is 0 Å². The summed E-state index contributed by atoms with van der Waals surface area (Å²) in [6.45, 7) is 5.00. The normalized spacial score (nSPS) is 12.6. The molecule has 0 heterocycles.